The second kappa shape index (κ2) is 6.60. The van der Waals surface area contributed by atoms with Crippen LogP contribution in [0.15, 0.2) is 18.3 Å². The van der Waals surface area contributed by atoms with Crippen LogP contribution in [0.1, 0.15) is 47.5 Å². The molecule has 0 spiro atoms. The summed E-state index contributed by atoms with van der Waals surface area (Å²) in [6.45, 7) is 13.4. The molecular formula is C22H32BN3O4. The van der Waals surface area contributed by atoms with Crippen LogP contribution >= 0.6 is 0 Å². The summed E-state index contributed by atoms with van der Waals surface area (Å²) >= 11 is 0. The molecule has 0 N–H and O–H groups in total. The number of fused-ring (bicyclic) bond motifs is 2. The highest BCUT2D eigenvalue weighted by atomic mass is 16.7. The van der Waals surface area contributed by atoms with Crippen LogP contribution in [-0.4, -0.2) is 66.1 Å². The van der Waals surface area contributed by atoms with E-state index >= 15 is 0 Å². The largest absolute Gasteiger partial charge is 0.496 e. The lowest BCUT2D eigenvalue weighted by Gasteiger charge is -2.49. The molecule has 1 amide bonds. The van der Waals surface area contributed by atoms with E-state index in [-0.39, 0.29) is 24.4 Å². The maximum atomic E-state index is 12.4. The van der Waals surface area contributed by atoms with Crippen molar-refractivity contribution in [3.05, 3.63) is 18.3 Å². The number of anilines is 1. The number of hydrogen-bond acceptors (Lipinski definition) is 6. The summed E-state index contributed by atoms with van der Waals surface area (Å²) in [5.74, 6) is 1.92. The number of rotatable bonds is 2. The number of carbonyl (C=O) groups is 1. The topological polar surface area (TPSA) is 64.1 Å². The standard InChI is InChI=1S/C22H32BN3O4/c1-20(2,3)28-19(27)26-13-15-11-25(12-16(15)14-26)18-7-6-17(10-24-18)23-29-21(4)8-9-22(21,5)30-23/h6-7,10,15-16H,8-9,11-14H2,1-5H3/t15-,16+,21?,22?. The van der Waals surface area contributed by atoms with Gasteiger partial charge in [0, 0.05) is 49.7 Å². The van der Waals surface area contributed by atoms with Crippen molar-refractivity contribution in [1.82, 2.24) is 9.88 Å². The highest BCUT2D eigenvalue weighted by Crippen LogP contribution is 2.52. The number of amides is 1. The van der Waals surface area contributed by atoms with E-state index in [0.29, 0.717) is 11.8 Å². The molecule has 8 heteroatoms. The van der Waals surface area contributed by atoms with Crippen molar-refractivity contribution >= 4 is 24.5 Å². The van der Waals surface area contributed by atoms with Crippen LogP contribution in [0.2, 0.25) is 0 Å². The predicted molar refractivity (Wildman–Crippen MR) is 115 cm³/mol. The summed E-state index contributed by atoms with van der Waals surface area (Å²) in [5.41, 5.74) is 0.171. The average Bonchev–Trinajstić information content (AvgIpc) is 3.28. The highest BCUT2D eigenvalue weighted by molar-refractivity contribution is 6.62. The molecule has 1 aliphatic carbocycles. The van der Waals surface area contributed by atoms with E-state index in [1.54, 1.807) is 0 Å². The number of hydrogen-bond donors (Lipinski definition) is 0. The number of nitrogens with zero attached hydrogens (tertiary/aromatic N) is 3. The van der Waals surface area contributed by atoms with Crippen molar-refractivity contribution in [1.29, 1.82) is 0 Å². The number of ether oxygens (including phenoxy) is 1. The Morgan fingerprint density at radius 2 is 1.70 bits per heavy atom. The van der Waals surface area contributed by atoms with Crippen molar-refractivity contribution in [3.63, 3.8) is 0 Å². The van der Waals surface area contributed by atoms with Gasteiger partial charge >= 0.3 is 13.2 Å². The van der Waals surface area contributed by atoms with Gasteiger partial charge in [0.2, 0.25) is 0 Å². The summed E-state index contributed by atoms with van der Waals surface area (Å²) in [4.78, 5) is 21.3. The molecule has 1 aromatic heterocycles. The van der Waals surface area contributed by atoms with E-state index in [2.05, 4.69) is 30.9 Å². The van der Waals surface area contributed by atoms with E-state index in [1.165, 1.54) is 0 Å². The normalized spacial score (nSPS) is 35.3. The first-order chi connectivity index (χ1) is 14.1. The molecule has 4 heterocycles. The lowest BCUT2D eigenvalue weighted by molar-refractivity contribution is -0.108. The first-order valence-corrected chi connectivity index (χ1v) is 11.1. The third-order valence-electron chi connectivity index (χ3n) is 7.44. The molecule has 30 heavy (non-hydrogen) atoms. The van der Waals surface area contributed by atoms with Gasteiger partial charge in [-0.15, -0.1) is 0 Å². The second-order valence-electron chi connectivity index (χ2n) is 10.8. The first kappa shape index (κ1) is 20.1. The first-order valence-electron chi connectivity index (χ1n) is 11.1. The van der Waals surface area contributed by atoms with Crippen molar-refractivity contribution in [2.24, 2.45) is 11.8 Å². The van der Waals surface area contributed by atoms with Crippen molar-refractivity contribution in [3.8, 4) is 0 Å². The van der Waals surface area contributed by atoms with Crippen LogP contribution in [0, 0.1) is 11.8 Å². The molecule has 3 aliphatic heterocycles. The van der Waals surface area contributed by atoms with Crippen molar-refractivity contribution < 1.29 is 18.8 Å². The Kier molecular flexibility index (Phi) is 4.43. The van der Waals surface area contributed by atoms with Gasteiger partial charge in [0.1, 0.15) is 11.4 Å². The van der Waals surface area contributed by atoms with Crippen LogP contribution in [0.3, 0.4) is 0 Å². The summed E-state index contributed by atoms with van der Waals surface area (Å²) in [7, 11) is -0.329. The number of pyridine rings is 1. The molecule has 7 nitrogen and oxygen atoms in total. The van der Waals surface area contributed by atoms with Gasteiger partial charge in [0.25, 0.3) is 0 Å². The zero-order valence-corrected chi connectivity index (χ0v) is 18.7. The van der Waals surface area contributed by atoms with Crippen LogP contribution in [0.25, 0.3) is 0 Å². The van der Waals surface area contributed by atoms with Gasteiger partial charge in [-0.2, -0.15) is 0 Å². The molecule has 4 atom stereocenters. The second-order valence-corrected chi connectivity index (χ2v) is 10.8. The third-order valence-corrected chi connectivity index (χ3v) is 7.44. The van der Waals surface area contributed by atoms with E-state index < -0.39 is 5.60 Å². The molecule has 0 aromatic carbocycles. The Morgan fingerprint density at radius 3 is 2.17 bits per heavy atom. The van der Waals surface area contributed by atoms with E-state index in [4.69, 9.17) is 19.0 Å². The maximum absolute atomic E-state index is 12.4. The molecule has 5 rings (SSSR count). The number of likely N-dealkylation sites (tertiary alicyclic amines) is 1. The molecular weight excluding hydrogens is 381 g/mol. The van der Waals surface area contributed by atoms with Crippen LogP contribution in [0.5, 0.6) is 0 Å². The van der Waals surface area contributed by atoms with E-state index in [0.717, 1.165) is 50.3 Å². The van der Waals surface area contributed by atoms with Crippen LogP contribution in [-0.2, 0) is 14.0 Å². The lowest BCUT2D eigenvalue weighted by atomic mass is 9.68. The van der Waals surface area contributed by atoms with E-state index in [9.17, 15) is 4.79 Å². The minimum absolute atomic E-state index is 0.178. The summed E-state index contributed by atoms with van der Waals surface area (Å²) < 4.78 is 17.9. The molecule has 1 aromatic rings. The monoisotopic (exact) mass is 413 g/mol. The quantitative estimate of drug-likeness (QED) is 0.695. The average molecular weight is 413 g/mol. The van der Waals surface area contributed by atoms with Gasteiger partial charge in [-0.05, 0) is 53.5 Å². The zero-order valence-electron chi connectivity index (χ0n) is 18.7. The summed E-state index contributed by atoms with van der Waals surface area (Å²) in [6.07, 6.45) is 3.78. The van der Waals surface area contributed by atoms with Gasteiger partial charge in [0.05, 0.1) is 11.2 Å². The Balaban J connectivity index is 1.19. The maximum Gasteiger partial charge on any atom is 0.496 e. The molecule has 2 unspecified atom stereocenters. The fraction of sp³-hybridized carbons (Fsp3) is 0.727. The Hall–Kier alpha value is -1.80. The Bertz CT molecular complexity index is 812. The highest BCUT2D eigenvalue weighted by Gasteiger charge is 2.63. The third kappa shape index (κ3) is 3.28. The fourth-order valence-electron chi connectivity index (χ4n) is 5.21. The van der Waals surface area contributed by atoms with Crippen LogP contribution in [0.4, 0.5) is 10.6 Å². The van der Waals surface area contributed by atoms with E-state index in [1.807, 2.05) is 31.9 Å². The Morgan fingerprint density at radius 1 is 1.10 bits per heavy atom. The molecule has 4 fully saturated rings. The molecule has 0 radical (unpaired) electrons. The smallest absolute Gasteiger partial charge is 0.444 e. The van der Waals surface area contributed by atoms with Gasteiger partial charge in [-0.3, -0.25) is 0 Å². The Labute approximate surface area is 179 Å². The van der Waals surface area contributed by atoms with Gasteiger partial charge < -0.3 is 23.8 Å². The minimum atomic E-state index is -0.451. The van der Waals surface area contributed by atoms with Gasteiger partial charge in [-0.25, -0.2) is 9.78 Å². The molecule has 1 saturated carbocycles. The van der Waals surface area contributed by atoms with Gasteiger partial charge in [-0.1, -0.05) is 6.07 Å². The summed E-state index contributed by atoms with van der Waals surface area (Å²) in [5, 5.41) is 0. The minimum Gasteiger partial charge on any atom is -0.444 e. The molecule has 0 bridgehead atoms. The fourth-order valence-corrected chi connectivity index (χ4v) is 5.21. The lowest BCUT2D eigenvalue weighted by Crippen LogP contribution is -2.56. The zero-order chi connectivity index (χ0) is 21.3. The number of carbonyl (C=O) groups excluding carboxylic acids is 1. The van der Waals surface area contributed by atoms with Crippen molar-refractivity contribution in [2.45, 2.75) is 64.3 Å². The SMILES string of the molecule is CC(C)(C)OC(=O)N1C[C@@H]2CN(c3ccc(B4OC5(C)CCC5(C)O4)cn3)C[C@@H]2C1. The van der Waals surface area contributed by atoms with Crippen molar-refractivity contribution in [2.75, 3.05) is 31.1 Å². The summed E-state index contributed by atoms with van der Waals surface area (Å²) in [6, 6.07) is 4.14. The molecule has 162 valence electrons. The molecule has 3 saturated heterocycles. The molecule has 4 aliphatic rings. The van der Waals surface area contributed by atoms with Gasteiger partial charge in [0.15, 0.2) is 0 Å². The predicted octanol–water partition coefficient (Wildman–Crippen LogP) is 2.44. The van der Waals surface area contributed by atoms with Crippen LogP contribution < -0.4 is 10.4 Å². The number of aromatic nitrogens is 1.